The second-order valence-corrected chi connectivity index (χ2v) is 8.24. The van der Waals surface area contributed by atoms with E-state index in [2.05, 4.69) is 59.6 Å². The number of piperidine rings is 1. The number of para-hydroxylation sites is 1. The number of quaternary nitrogens is 1. The van der Waals surface area contributed by atoms with Gasteiger partial charge in [-0.15, -0.1) is 0 Å². The van der Waals surface area contributed by atoms with Crippen LogP contribution in [-0.2, 0) is 20.7 Å². The number of ether oxygens (including phenoxy) is 2. The zero-order chi connectivity index (χ0) is 21.7. The van der Waals surface area contributed by atoms with E-state index in [1.54, 1.807) is 4.90 Å². The summed E-state index contributed by atoms with van der Waals surface area (Å²) in [5.41, 5.74) is 5.21. The number of fused-ring (bicyclic) bond motifs is 1. The molecule has 1 aromatic heterocycles. The van der Waals surface area contributed by atoms with E-state index < -0.39 is 5.97 Å². The molecule has 0 atom stereocenters. The van der Waals surface area contributed by atoms with Crippen molar-refractivity contribution in [2.45, 2.75) is 32.0 Å². The quantitative estimate of drug-likeness (QED) is 0.669. The fraction of sp³-hybridized carbons (Fsp3) is 0.400. The van der Waals surface area contributed by atoms with Crippen LogP contribution in [0.4, 0.5) is 0 Å². The Kier molecular flexibility index (Phi) is 6.70. The Bertz CT molecular complexity index is 995. The highest BCUT2D eigenvalue weighted by atomic mass is 16.7. The zero-order valence-corrected chi connectivity index (χ0v) is 18.0. The fourth-order valence-electron chi connectivity index (χ4n) is 4.63. The van der Waals surface area contributed by atoms with Gasteiger partial charge < -0.3 is 29.3 Å². The molecule has 2 fully saturated rings. The third-order valence-corrected chi connectivity index (χ3v) is 6.14. The van der Waals surface area contributed by atoms with Gasteiger partial charge in [0.05, 0.1) is 45.7 Å². The van der Waals surface area contributed by atoms with E-state index in [1.165, 1.54) is 27.7 Å². The number of carbonyl (C=O) groups excluding carboxylic acids is 1. The van der Waals surface area contributed by atoms with Gasteiger partial charge in [-0.3, -0.25) is 0 Å². The summed E-state index contributed by atoms with van der Waals surface area (Å²) in [5, 5.41) is 10.2. The summed E-state index contributed by atoms with van der Waals surface area (Å²) in [7, 11) is 0. The van der Waals surface area contributed by atoms with Gasteiger partial charge in [0.25, 0.3) is 0 Å². The average molecular weight is 423 g/mol. The summed E-state index contributed by atoms with van der Waals surface area (Å²) >= 11 is 0. The van der Waals surface area contributed by atoms with Crippen LogP contribution in [0.25, 0.3) is 22.2 Å². The van der Waals surface area contributed by atoms with Crippen molar-refractivity contribution in [2.75, 3.05) is 32.8 Å². The first-order valence-corrected chi connectivity index (χ1v) is 11.0. The van der Waals surface area contributed by atoms with Crippen molar-refractivity contribution < 1.29 is 24.3 Å². The summed E-state index contributed by atoms with van der Waals surface area (Å²) < 4.78 is 11.7. The highest BCUT2D eigenvalue weighted by Gasteiger charge is 2.41. The Morgan fingerprint density at radius 1 is 1.03 bits per heavy atom. The maximum absolute atomic E-state index is 8.89. The molecule has 0 unspecified atom stereocenters. The number of nitrogens with one attached hydrogen (secondary N) is 2. The highest BCUT2D eigenvalue weighted by molar-refractivity contribution is 5.90. The van der Waals surface area contributed by atoms with Gasteiger partial charge in [-0.05, 0) is 24.1 Å². The van der Waals surface area contributed by atoms with Gasteiger partial charge >= 0.3 is 0 Å². The molecule has 164 valence electrons. The van der Waals surface area contributed by atoms with Gasteiger partial charge in [0.1, 0.15) is 0 Å². The molecule has 1 spiro atoms. The first-order valence-electron chi connectivity index (χ1n) is 11.0. The minimum atomic E-state index is -1.08. The fourth-order valence-corrected chi connectivity index (χ4v) is 4.63. The van der Waals surface area contributed by atoms with Crippen LogP contribution in [0, 0.1) is 0 Å². The van der Waals surface area contributed by atoms with Gasteiger partial charge in [-0.1, -0.05) is 48.5 Å². The van der Waals surface area contributed by atoms with E-state index in [9.17, 15) is 0 Å². The number of likely N-dealkylation sites (tertiary alicyclic amines) is 1. The molecule has 0 saturated carbocycles. The first-order chi connectivity index (χ1) is 15.1. The average Bonchev–Trinajstić information content (AvgIpc) is 3.39. The molecule has 0 aliphatic carbocycles. The number of H-pyrrole nitrogens is 1. The smallest absolute Gasteiger partial charge is 0.179 e. The summed E-state index contributed by atoms with van der Waals surface area (Å²) in [5.74, 6) is -1.35. The van der Waals surface area contributed by atoms with Crippen molar-refractivity contribution in [3.05, 3.63) is 60.2 Å². The number of carbonyl (C=O) groups is 1. The molecule has 2 saturated heterocycles. The second kappa shape index (κ2) is 9.64. The number of carboxylic acids is 1. The molecule has 3 aromatic rings. The predicted molar refractivity (Wildman–Crippen MR) is 118 cm³/mol. The molecule has 0 bridgehead atoms. The molecule has 3 heterocycles. The monoisotopic (exact) mass is 422 g/mol. The van der Waals surface area contributed by atoms with Crippen LogP contribution in [0.2, 0.25) is 0 Å². The number of hydrogen-bond donors (Lipinski definition) is 2. The lowest BCUT2D eigenvalue weighted by molar-refractivity contribution is -0.908. The molecule has 2 N–H and O–H groups in total. The van der Waals surface area contributed by atoms with Crippen molar-refractivity contribution in [1.82, 2.24) is 4.98 Å². The van der Waals surface area contributed by atoms with Crippen LogP contribution >= 0.6 is 0 Å². The Hall–Kier alpha value is -2.67. The summed E-state index contributed by atoms with van der Waals surface area (Å²) in [6.45, 7) is 5.89. The molecule has 0 amide bonds. The van der Waals surface area contributed by atoms with Crippen molar-refractivity contribution in [3.8, 4) is 11.3 Å². The molecular formula is C25H30N2O4. The Morgan fingerprint density at radius 3 is 2.32 bits per heavy atom. The largest absolute Gasteiger partial charge is 0.550 e. The molecule has 2 aromatic carbocycles. The van der Waals surface area contributed by atoms with Crippen molar-refractivity contribution >= 4 is 16.9 Å². The molecule has 31 heavy (non-hydrogen) atoms. The standard InChI is InChI=1S/C23H26N2O2.C2H4O2/c1-2-6-18(7-3-1)22-20(19-8-4-5-9-21(19)24-22)10-13-25-14-11-23(12-15-25)26-16-17-27-23;1-2(3)4/h1-9,24H,10-17H2;1H3,(H,3,4). The third-order valence-electron chi connectivity index (χ3n) is 6.14. The molecule has 2 aliphatic heterocycles. The normalized spacial score (nSPS) is 18.1. The van der Waals surface area contributed by atoms with Crippen LogP contribution < -0.4 is 10.0 Å². The predicted octanol–water partition coefficient (Wildman–Crippen LogP) is 1.56. The number of aliphatic carboxylic acids is 1. The molecule has 6 nitrogen and oxygen atoms in total. The van der Waals surface area contributed by atoms with Crippen LogP contribution in [0.5, 0.6) is 0 Å². The maximum Gasteiger partial charge on any atom is 0.179 e. The van der Waals surface area contributed by atoms with E-state index in [4.69, 9.17) is 19.4 Å². The van der Waals surface area contributed by atoms with Gasteiger partial charge in [-0.2, -0.15) is 0 Å². The van der Waals surface area contributed by atoms with Crippen molar-refractivity contribution in [3.63, 3.8) is 0 Å². The molecule has 6 heteroatoms. The number of benzene rings is 2. The van der Waals surface area contributed by atoms with E-state index >= 15 is 0 Å². The lowest BCUT2D eigenvalue weighted by atomic mass is 10.0. The Labute approximate surface area is 182 Å². The number of hydrogen-bond acceptors (Lipinski definition) is 4. The molecular weight excluding hydrogens is 392 g/mol. The van der Waals surface area contributed by atoms with E-state index in [-0.39, 0.29) is 5.79 Å². The van der Waals surface area contributed by atoms with Crippen LogP contribution in [-0.4, -0.2) is 49.6 Å². The second-order valence-electron chi connectivity index (χ2n) is 8.24. The maximum atomic E-state index is 8.89. The number of aromatic amines is 1. The van der Waals surface area contributed by atoms with Gasteiger partial charge in [0.15, 0.2) is 5.79 Å². The van der Waals surface area contributed by atoms with E-state index in [0.29, 0.717) is 0 Å². The minimum absolute atomic E-state index is 0.264. The Balaban J connectivity index is 0.000000535. The van der Waals surface area contributed by atoms with Crippen molar-refractivity contribution in [1.29, 1.82) is 0 Å². The summed E-state index contributed by atoms with van der Waals surface area (Å²) in [6, 6.07) is 19.4. The molecule has 5 rings (SSSR count). The van der Waals surface area contributed by atoms with E-state index in [1.807, 2.05) is 0 Å². The SMILES string of the molecule is CC(=O)[O-].c1ccc(-c2[nH]c3ccccc3c2CC[NH+]2CCC3(CC2)OCCO3)cc1. The van der Waals surface area contributed by atoms with Gasteiger partial charge in [-0.25, -0.2) is 0 Å². The van der Waals surface area contributed by atoms with Crippen LogP contribution in [0.15, 0.2) is 54.6 Å². The lowest BCUT2D eigenvalue weighted by Crippen LogP contribution is -3.14. The summed E-state index contributed by atoms with van der Waals surface area (Å²) in [6.07, 6.45) is 3.11. The zero-order valence-electron chi connectivity index (χ0n) is 18.0. The first kappa shape index (κ1) is 21.6. The minimum Gasteiger partial charge on any atom is -0.550 e. The molecule has 2 aliphatic rings. The van der Waals surface area contributed by atoms with Crippen LogP contribution in [0.1, 0.15) is 25.3 Å². The molecule has 0 radical (unpaired) electrons. The highest BCUT2D eigenvalue weighted by Crippen LogP contribution is 2.31. The lowest BCUT2D eigenvalue weighted by Gasteiger charge is -2.35. The van der Waals surface area contributed by atoms with E-state index in [0.717, 1.165) is 59.0 Å². The summed E-state index contributed by atoms with van der Waals surface area (Å²) in [4.78, 5) is 14.2. The van der Waals surface area contributed by atoms with Gasteiger partial charge in [0.2, 0.25) is 0 Å². The Morgan fingerprint density at radius 2 is 1.65 bits per heavy atom. The third kappa shape index (κ3) is 5.15. The number of carboxylic acid groups (broad SMARTS) is 1. The van der Waals surface area contributed by atoms with Gasteiger partial charge in [0, 0.05) is 29.0 Å². The van der Waals surface area contributed by atoms with Crippen LogP contribution in [0.3, 0.4) is 0 Å². The van der Waals surface area contributed by atoms with Crippen molar-refractivity contribution in [2.24, 2.45) is 0 Å². The number of aromatic nitrogens is 1. The number of rotatable bonds is 4. The topological polar surface area (TPSA) is 78.8 Å².